The van der Waals surface area contributed by atoms with E-state index in [4.69, 9.17) is 21.7 Å². The molecule has 0 radical (unpaired) electrons. The predicted molar refractivity (Wildman–Crippen MR) is 95.1 cm³/mol. The van der Waals surface area contributed by atoms with E-state index in [1.165, 1.54) is 6.20 Å². The van der Waals surface area contributed by atoms with Gasteiger partial charge in [0.15, 0.2) is 11.5 Å². The third kappa shape index (κ3) is 3.26. The number of aromatic nitrogens is 1. The number of ether oxygens (including phenoxy) is 1. The molecule has 0 aliphatic heterocycles. The van der Waals surface area contributed by atoms with Gasteiger partial charge in [0.25, 0.3) is 0 Å². The second-order valence-corrected chi connectivity index (χ2v) is 6.21. The summed E-state index contributed by atoms with van der Waals surface area (Å²) in [6.45, 7) is 1.70. The molecule has 0 spiro atoms. The van der Waals surface area contributed by atoms with Crippen LogP contribution in [-0.4, -0.2) is 23.6 Å². The van der Waals surface area contributed by atoms with Gasteiger partial charge in [-0.2, -0.15) is 0 Å². The monoisotopic (exact) mass is 343 g/mol. The standard InChI is InChI=1S/C18H18ClN3O2/c1-10(20)12-4-3-5-14(18(12)24-2)22-15-8-16(19)21-9-13(15)17(23)11-6-7-11/h3-5,8-9,11,20H,6-7H2,1-2H3,(H,21,22). The van der Waals surface area contributed by atoms with Crippen LogP contribution in [0.25, 0.3) is 0 Å². The molecule has 124 valence electrons. The summed E-state index contributed by atoms with van der Waals surface area (Å²) < 4.78 is 5.46. The van der Waals surface area contributed by atoms with Crippen LogP contribution in [0, 0.1) is 11.3 Å². The first-order chi connectivity index (χ1) is 11.5. The molecule has 6 heteroatoms. The average molecular weight is 344 g/mol. The maximum Gasteiger partial charge on any atom is 0.169 e. The quantitative estimate of drug-likeness (QED) is 0.461. The molecule has 2 aromatic rings. The van der Waals surface area contributed by atoms with E-state index >= 15 is 0 Å². The summed E-state index contributed by atoms with van der Waals surface area (Å²) in [7, 11) is 1.56. The van der Waals surface area contributed by atoms with E-state index in [1.54, 1.807) is 20.1 Å². The number of carbonyl (C=O) groups is 1. The summed E-state index contributed by atoms with van der Waals surface area (Å²) in [5.74, 6) is 0.730. The van der Waals surface area contributed by atoms with Crippen molar-refractivity contribution in [2.45, 2.75) is 19.8 Å². The normalized spacial score (nSPS) is 13.5. The fourth-order valence-electron chi connectivity index (χ4n) is 2.59. The first-order valence-corrected chi connectivity index (χ1v) is 8.08. The summed E-state index contributed by atoms with van der Waals surface area (Å²) in [5, 5.41) is 11.4. The van der Waals surface area contributed by atoms with Gasteiger partial charge < -0.3 is 15.5 Å². The lowest BCUT2D eigenvalue weighted by molar-refractivity contribution is 0.0968. The molecular weight excluding hydrogens is 326 g/mol. The Kier molecular flexibility index (Phi) is 4.53. The van der Waals surface area contributed by atoms with Gasteiger partial charge in [0.1, 0.15) is 5.15 Å². The minimum absolute atomic E-state index is 0.0834. The van der Waals surface area contributed by atoms with Crippen LogP contribution in [0.4, 0.5) is 11.4 Å². The first-order valence-electron chi connectivity index (χ1n) is 7.70. The first kappa shape index (κ1) is 16.5. The van der Waals surface area contributed by atoms with Crippen molar-refractivity contribution in [2.24, 2.45) is 5.92 Å². The lowest BCUT2D eigenvalue weighted by atomic mass is 10.1. The number of benzene rings is 1. The fourth-order valence-corrected chi connectivity index (χ4v) is 2.75. The second-order valence-electron chi connectivity index (χ2n) is 5.83. The highest BCUT2D eigenvalue weighted by atomic mass is 35.5. The van der Waals surface area contributed by atoms with Crippen molar-refractivity contribution in [3.05, 3.63) is 46.7 Å². The van der Waals surface area contributed by atoms with Crippen molar-refractivity contribution in [1.82, 2.24) is 4.98 Å². The van der Waals surface area contributed by atoms with E-state index in [1.807, 2.05) is 18.2 Å². The molecule has 0 atom stereocenters. The van der Waals surface area contributed by atoms with Crippen LogP contribution in [0.5, 0.6) is 5.75 Å². The predicted octanol–water partition coefficient (Wildman–Crippen LogP) is 4.47. The number of nitrogens with one attached hydrogen (secondary N) is 2. The van der Waals surface area contributed by atoms with E-state index < -0.39 is 0 Å². The van der Waals surface area contributed by atoms with E-state index in [0.29, 0.717) is 39.1 Å². The fraction of sp³-hybridized carbons (Fsp3) is 0.278. The van der Waals surface area contributed by atoms with Crippen molar-refractivity contribution in [2.75, 3.05) is 12.4 Å². The highest BCUT2D eigenvalue weighted by Crippen LogP contribution is 2.37. The Labute approximate surface area is 145 Å². The van der Waals surface area contributed by atoms with Gasteiger partial charge in [-0.15, -0.1) is 0 Å². The van der Waals surface area contributed by atoms with Gasteiger partial charge in [0, 0.05) is 23.4 Å². The number of Topliss-reactive ketones (excluding diaryl/α,β-unsaturated/α-hetero) is 1. The molecule has 0 unspecified atom stereocenters. The molecule has 5 nitrogen and oxygen atoms in total. The minimum Gasteiger partial charge on any atom is -0.494 e. The lowest BCUT2D eigenvalue weighted by Gasteiger charge is -2.16. The Morgan fingerprint density at radius 2 is 2.08 bits per heavy atom. The number of para-hydroxylation sites is 1. The van der Waals surface area contributed by atoms with Gasteiger partial charge in [-0.05, 0) is 38.0 Å². The third-order valence-electron chi connectivity index (χ3n) is 3.98. The lowest BCUT2D eigenvalue weighted by Crippen LogP contribution is -2.08. The summed E-state index contributed by atoms with van der Waals surface area (Å²) in [6.07, 6.45) is 3.36. The Balaban J connectivity index is 2.02. The number of ketones is 1. The molecular formula is C18H18ClN3O2. The molecule has 24 heavy (non-hydrogen) atoms. The van der Waals surface area contributed by atoms with Crippen molar-refractivity contribution in [3.63, 3.8) is 0 Å². The summed E-state index contributed by atoms with van der Waals surface area (Å²) in [5.41, 5.74) is 2.90. The number of carbonyl (C=O) groups excluding carboxylic acids is 1. The number of hydrogen-bond donors (Lipinski definition) is 2. The Morgan fingerprint density at radius 1 is 1.33 bits per heavy atom. The third-order valence-corrected chi connectivity index (χ3v) is 4.18. The Hall–Kier alpha value is -2.40. The maximum atomic E-state index is 12.5. The number of pyridine rings is 1. The SMILES string of the molecule is COc1c(Nc2cc(Cl)ncc2C(=O)C2CC2)cccc1C(C)=N. The molecule has 3 rings (SSSR count). The van der Waals surface area contributed by atoms with E-state index in [9.17, 15) is 4.79 Å². The smallest absolute Gasteiger partial charge is 0.169 e. The van der Waals surface area contributed by atoms with Crippen LogP contribution >= 0.6 is 11.6 Å². The van der Waals surface area contributed by atoms with E-state index in [2.05, 4.69) is 10.3 Å². The van der Waals surface area contributed by atoms with Gasteiger partial charge in [0.05, 0.1) is 24.0 Å². The molecule has 1 aliphatic carbocycles. The molecule has 0 bridgehead atoms. The largest absolute Gasteiger partial charge is 0.494 e. The van der Waals surface area contributed by atoms with Crippen LogP contribution in [0.1, 0.15) is 35.7 Å². The highest BCUT2D eigenvalue weighted by Gasteiger charge is 2.32. The zero-order chi connectivity index (χ0) is 17.3. The van der Waals surface area contributed by atoms with Crippen LogP contribution in [-0.2, 0) is 0 Å². The van der Waals surface area contributed by atoms with Crippen molar-refractivity contribution >= 4 is 34.5 Å². The van der Waals surface area contributed by atoms with Gasteiger partial charge in [-0.3, -0.25) is 4.79 Å². The molecule has 1 heterocycles. The Morgan fingerprint density at radius 3 is 2.71 bits per heavy atom. The number of hydrogen-bond acceptors (Lipinski definition) is 5. The molecule has 1 aromatic carbocycles. The van der Waals surface area contributed by atoms with Gasteiger partial charge >= 0.3 is 0 Å². The Bertz CT molecular complexity index is 816. The number of methoxy groups -OCH3 is 1. The van der Waals surface area contributed by atoms with Gasteiger partial charge in [-0.25, -0.2) is 4.98 Å². The van der Waals surface area contributed by atoms with Crippen LogP contribution in [0.2, 0.25) is 5.15 Å². The second kappa shape index (κ2) is 6.61. The van der Waals surface area contributed by atoms with Crippen molar-refractivity contribution < 1.29 is 9.53 Å². The molecule has 0 saturated heterocycles. The molecule has 2 N–H and O–H groups in total. The molecule has 0 amide bonds. The highest BCUT2D eigenvalue weighted by molar-refractivity contribution is 6.29. The van der Waals surface area contributed by atoms with Crippen LogP contribution in [0.3, 0.4) is 0 Å². The van der Waals surface area contributed by atoms with Gasteiger partial charge in [0.2, 0.25) is 0 Å². The van der Waals surface area contributed by atoms with E-state index in [-0.39, 0.29) is 11.7 Å². The zero-order valence-electron chi connectivity index (χ0n) is 13.5. The summed E-state index contributed by atoms with van der Waals surface area (Å²) in [4.78, 5) is 16.5. The molecule has 1 fully saturated rings. The van der Waals surface area contributed by atoms with Crippen molar-refractivity contribution in [3.8, 4) is 5.75 Å². The van der Waals surface area contributed by atoms with Crippen LogP contribution < -0.4 is 10.1 Å². The average Bonchev–Trinajstić information content (AvgIpc) is 3.39. The van der Waals surface area contributed by atoms with Crippen molar-refractivity contribution in [1.29, 1.82) is 5.41 Å². The number of nitrogens with zero attached hydrogens (tertiary/aromatic N) is 1. The molecule has 1 saturated carbocycles. The topological polar surface area (TPSA) is 75.1 Å². The van der Waals surface area contributed by atoms with Gasteiger partial charge in [-0.1, -0.05) is 17.7 Å². The minimum atomic E-state index is 0.0834. The zero-order valence-corrected chi connectivity index (χ0v) is 14.3. The maximum absolute atomic E-state index is 12.5. The van der Waals surface area contributed by atoms with E-state index in [0.717, 1.165) is 12.8 Å². The summed E-state index contributed by atoms with van der Waals surface area (Å²) in [6, 6.07) is 7.14. The molecule has 1 aromatic heterocycles. The number of halogens is 1. The number of rotatable bonds is 6. The number of anilines is 2. The summed E-state index contributed by atoms with van der Waals surface area (Å²) >= 11 is 6.01. The molecule has 1 aliphatic rings. The van der Waals surface area contributed by atoms with Crippen LogP contribution in [0.15, 0.2) is 30.5 Å².